The Morgan fingerprint density at radius 1 is 1.48 bits per heavy atom. The zero-order valence-electron chi connectivity index (χ0n) is 11.3. The molecular weight excluding hydrogens is 274 g/mol. The van der Waals surface area contributed by atoms with Gasteiger partial charge >= 0.3 is 5.97 Å². The van der Waals surface area contributed by atoms with Crippen LogP contribution in [0.15, 0.2) is 18.2 Å². The normalized spacial score (nSPS) is 16.1. The van der Waals surface area contributed by atoms with Crippen molar-refractivity contribution < 1.29 is 14.8 Å². The Kier molecular flexibility index (Phi) is 4.08. The number of aliphatic carboxylic acids is 1. The molecule has 0 aromatic heterocycles. The predicted octanol–water partition coefficient (Wildman–Crippen LogP) is 2.67. The fourth-order valence-corrected chi connectivity index (χ4v) is 2.86. The van der Waals surface area contributed by atoms with Gasteiger partial charge in [0, 0.05) is 17.3 Å². The fourth-order valence-electron chi connectivity index (χ4n) is 2.86. The molecule has 0 radical (unpaired) electrons. The number of anilines is 1. The molecule has 0 unspecified atom stereocenters. The van der Waals surface area contributed by atoms with Crippen LogP contribution in [0.25, 0.3) is 0 Å². The van der Waals surface area contributed by atoms with Crippen LogP contribution in [0, 0.1) is 21.4 Å². The topological polar surface area (TPSA) is 116 Å². The quantitative estimate of drug-likeness (QED) is 0.635. The number of benzene rings is 1. The van der Waals surface area contributed by atoms with E-state index in [9.17, 15) is 14.9 Å². The van der Waals surface area contributed by atoms with Crippen molar-refractivity contribution in [2.75, 3.05) is 5.32 Å². The average Bonchev–Trinajstić information content (AvgIpc) is 2.85. The first-order chi connectivity index (χ1) is 9.96. The Bertz CT molecular complexity index is 615. The number of carbonyl (C=O) groups is 1. The molecule has 0 bridgehead atoms. The van der Waals surface area contributed by atoms with Gasteiger partial charge in [0.1, 0.15) is 11.6 Å². The minimum absolute atomic E-state index is 0.00806. The van der Waals surface area contributed by atoms with Crippen LogP contribution >= 0.6 is 0 Å². The summed E-state index contributed by atoms with van der Waals surface area (Å²) in [4.78, 5) is 21.2. The zero-order valence-corrected chi connectivity index (χ0v) is 11.3. The van der Waals surface area contributed by atoms with Crippen molar-refractivity contribution in [3.05, 3.63) is 33.9 Å². The first kappa shape index (κ1) is 14.8. The number of hydrogen-bond acceptors (Lipinski definition) is 5. The number of nitrogens with zero attached hydrogens (tertiary/aromatic N) is 2. The maximum absolute atomic E-state index is 11.0. The van der Waals surface area contributed by atoms with E-state index in [2.05, 4.69) is 5.32 Å². The average molecular weight is 289 g/mol. The first-order valence-corrected chi connectivity index (χ1v) is 6.64. The van der Waals surface area contributed by atoms with Crippen molar-refractivity contribution in [1.29, 1.82) is 5.26 Å². The van der Waals surface area contributed by atoms with Gasteiger partial charge in [-0.05, 0) is 25.0 Å². The Morgan fingerprint density at radius 2 is 2.14 bits per heavy atom. The van der Waals surface area contributed by atoms with Crippen LogP contribution in [0.4, 0.5) is 11.4 Å². The van der Waals surface area contributed by atoms with E-state index in [-0.39, 0.29) is 17.7 Å². The van der Waals surface area contributed by atoms with Crippen molar-refractivity contribution >= 4 is 17.3 Å². The van der Waals surface area contributed by atoms with Crippen LogP contribution in [0.2, 0.25) is 0 Å². The molecular formula is C14H15N3O4. The Balaban J connectivity index is 2.28. The second-order valence-corrected chi connectivity index (χ2v) is 5.28. The summed E-state index contributed by atoms with van der Waals surface area (Å²) in [6.07, 6.45) is 3.35. The van der Waals surface area contributed by atoms with E-state index in [1.54, 1.807) is 6.07 Å². The van der Waals surface area contributed by atoms with E-state index in [0.29, 0.717) is 5.69 Å². The highest BCUT2D eigenvalue weighted by atomic mass is 16.6. The molecule has 1 fully saturated rings. The molecule has 2 N–H and O–H groups in total. The lowest BCUT2D eigenvalue weighted by molar-refractivity contribution is -0.385. The van der Waals surface area contributed by atoms with Gasteiger partial charge in [0.25, 0.3) is 5.69 Å². The summed E-state index contributed by atoms with van der Waals surface area (Å²) in [6, 6.07) is 5.98. The van der Waals surface area contributed by atoms with E-state index in [1.165, 1.54) is 18.2 Å². The summed E-state index contributed by atoms with van der Waals surface area (Å²) in [5.41, 5.74) is -0.273. The largest absolute Gasteiger partial charge is 0.481 e. The number of nitro benzene ring substituents is 1. The summed E-state index contributed by atoms with van der Waals surface area (Å²) < 4.78 is 0. The lowest BCUT2D eigenvalue weighted by atomic mass is 9.92. The Morgan fingerprint density at radius 3 is 2.67 bits per heavy atom. The second kappa shape index (κ2) is 5.79. The summed E-state index contributed by atoms with van der Waals surface area (Å²) in [6.45, 7) is 0. The molecule has 7 nitrogen and oxygen atoms in total. The Hall–Kier alpha value is -2.62. The highest BCUT2D eigenvalue weighted by Crippen LogP contribution is 2.36. The van der Waals surface area contributed by atoms with Crippen molar-refractivity contribution in [2.24, 2.45) is 0 Å². The van der Waals surface area contributed by atoms with Crippen LogP contribution in [-0.4, -0.2) is 21.5 Å². The highest BCUT2D eigenvalue weighted by molar-refractivity contribution is 5.70. The lowest BCUT2D eigenvalue weighted by Crippen LogP contribution is -2.37. The number of nitrogens with one attached hydrogen (secondary N) is 1. The number of carboxylic acid groups (broad SMARTS) is 1. The maximum Gasteiger partial charge on any atom is 0.305 e. The lowest BCUT2D eigenvalue weighted by Gasteiger charge is -2.30. The number of rotatable bonds is 5. The van der Waals surface area contributed by atoms with Crippen LogP contribution in [-0.2, 0) is 4.79 Å². The van der Waals surface area contributed by atoms with Gasteiger partial charge in [-0.2, -0.15) is 5.26 Å². The van der Waals surface area contributed by atoms with Crippen molar-refractivity contribution in [3.8, 4) is 6.07 Å². The number of nitro groups is 1. The van der Waals surface area contributed by atoms with Gasteiger partial charge in [-0.25, -0.2) is 0 Å². The molecule has 0 spiro atoms. The third kappa shape index (κ3) is 3.28. The minimum atomic E-state index is -0.883. The number of hydrogen-bond donors (Lipinski definition) is 2. The minimum Gasteiger partial charge on any atom is -0.481 e. The van der Waals surface area contributed by atoms with E-state index in [0.717, 1.165) is 25.7 Å². The molecule has 0 atom stereocenters. The molecule has 1 aromatic rings. The summed E-state index contributed by atoms with van der Waals surface area (Å²) in [5.74, 6) is -0.883. The molecule has 0 amide bonds. The van der Waals surface area contributed by atoms with Crippen LogP contribution < -0.4 is 5.32 Å². The standard InChI is InChI=1S/C14H15N3O4/c15-9-10-7-11(3-4-12(10)17(20)21)16-14(8-13(18)19)5-1-2-6-14/h3-4,7,16H,1-2,5-6,8H2,(H,18,19). The van der Waals surface area contributed by atoms with E-state index in [4.69, 9.17) is 10.4 Å². The van der Waals surface area contributed by atoms with Crippen LogP contribution in [0.3, 0.4) is 0 Å². The smallest absolute Gasteiger partial charge is 0.305 e. The van der Waals surface area contributed by atoms with Crippen molar-refractivity contribution in [3.63, 3.8) is 0 Å². The molecule has 1 aromatic carbocycles. The zero-order chi connectivity index (χ0) is 15.5. The van der Waals surface area contributed by atoms with Crippen LogP contribution in [0.1, 0.15) is 37.7 Å². The van der Waals surface area contributed by atoms with Gasteiger partial charge in [-0.1, -0.05) is 12.8 Å². The Labute approximate surface area is 121 Å². The molecule has 0 aliphatic heterocycles. The molecule has 21 heavy (non-hydrogen) atoms. The molecule has 1 aliphatic rings. The van der Waals surface area contributed by atoms with Crippen molar-refractivity contribution in [2.45, 2.75) is 37.6 Å². The molecule has 0 heterocycles. The van der Waals surface area contributed by atoms with E-state index < -0.39 is 16.4 Å². The third-order valence-electron chi connectivity index (χ3n) is 3.77. The van der Waals surface area contributed by atoms with Crippen LogP contribution in [0.5, 0.6) is 0 Å². The molecule has 1 saturated carbocycles. The van der Waals surface area contributed by atoms with E-state index >= 15 is 0 Å². The van der Waals surface area contributed by atoms with Gasteiger partial charge in [0.15, 0.2) is 0 Å². The maximum atomic E-state index is 11.0. The third-order valence-corrected chi connectivity index (χ3v) is 3.77. The number of nitriles is 1. The van der Waals surface area contributed by atoms with Gasteiger partial charge in [0.05, 0.1) is 11.3 Å². The second-order valence-electron chi connectivity index (χ2n) is 5.28. The molecule has 0 saturated heterocycles. The fraction of sp³-hybridized carbons (Fsp3) is 0.429. The highest BCUT2D eigenvalue weighted by Gasteiger charge is 2.36. The number of carboxylic acids is 1. The van der Waals surface area contributed by atoms with Gasteiger partial charge in [-0.3, -0.25) is 14.9 Å². The first-order valence-electron chi connectivity index (χ1n) is 6.64. The molecule has 7 heteroatoms. The van der Waals surface area contributed by atoms with Gasteiger partial charge in [-0.15, -0.1) is 0 Å². The van der Waals surface area contributed by atoms with Gasteiger partial charge in [0.2, 0.25) is 0 Å². The molecule has 110 valence electrons. The summed E-state index contributed by atoms with van der Waals surface area (Å²) >= 11 is 0. The summed E-state index contributed by atoms with van der Waals surface area (Å²) in [5, 5.41) is 32.0. The summed E-state index contributed by atoms with van der Waals surface area (Å²) in [7, 11) is 0. The SMILES string of the molecule is N#Cc1cc(NC2(CC(=O)O)CCCC2)ccc1[N+](=O)[O-]. The van der Waals surface area contributed by atoms with Crippen molar-refractivity contribution in [1.82, 2.24) is 0 Å². The van der Waals surface area contributed by atoms with Gasteiger partial charge < -0.3 is 10.4 Å². The van der Waals surface area contributed by atoms with E-state index in [1.807, 2.05) is 0 Å². The predicted molar refractivity (Wildman–Crippen MR) is 74.9 cm³/mol. The molecule has 1 aliphatic carbocycles. The monoisotopic (exact) mass is 289 g/mol. The molecule has 2 rings (SSSR count).